The Labute approximate surface area is 437 Å². The Kier molecular flexibility index (Phi) is 54.9. The Bertz CT molecular complexity index is 1500. The van der Waals surface area contributed by atoms with Crippen LogP contribution < -0.4 is 0 Å². The Hall–Kier alpha value is -4.19. The molecular formula is C65H106O6. The third kappa shape index (κ3) is 56.6. The highest BCUT2D eigenvalue weighted by atomic mass is 16.6. The van der Waals surface area contributed by atoms with Gasteiger partial charge in [-0.15, -0.1) is 0 Å². The summed E-state index contributed by atoms with van der Waals surface area (Å²) < 4.78 is 16.9. The zero-order valence-corrected chi connectivity index (χ0v) is 45.9. The maximum atomic E-state index is 12.9. The first-order valence-electron chi connectivity index (χ1n) is 29.2. The standard InChI is InChI=1S/C65H106O6/c1-4-7-10-13-16-19-22-25-28-31-34-37-40-43-46-49-52-55-58-64(67)70-61-62(60-69-63(66)57-54-51-48-45-42-39-36-33-30-27-24-21-18-15-12-9-6-3)71-65(68)59-56-53-50-47-44-41-38-35-32-29-26-23-20-17-14-11-8-5-2/h10-11,13-14,16-17,19-20,22-23,25-26,28-29,31-32,34-35,37-38,62H,4-9,12,15,18,21,24,27,30,33,36,39-61H2,1-3H3/b13-10-,14-11-,19-16-,20-17-,25-22-,26-23-,31-28-,32-29-,37-34-,38-35-. The molecule has 6 heteroatoms. The Morgan fingerprint density at radius 1 is 0.282 bits per heavy atom. The average Bonchev–Trinajstić information content (AvgIpc) is 3.37. The predicted molar refractivity (Wildman–Crippen MR) is 306 cm³/mol. The van der Waals surface area contributed by atoms with Crippen LogP contribution in [0.5, 0.6) is 0 Å². The van der Waals surface area contributed by atoms with E-state index in [4.69, 9.17) is 14.2 Å². The molecule has 0 fully saturated rings. The first kappa shape index (κ1) is 66.8. The van der Waals surface area contributed by atoms with Crippen LogP contribution in [-0.4, -0.2) is 37.2 Å². The number of carbonyl (C=O) groups excluding carboxylic acids is 3. The van der Waals surface area contributed by atoms with E-state index in [1.807, 2.05) is 48.6 Å². The van der Waals surface area contributed by atoms with Gasteiger partial charge < -0.3 is 14.2 Å². The molecule has 0 bridgehead atoms. The molecular weight excluding hydrogens is 877 g/mol. The first-order chi connectivity index (χ1) is 35.0. The van der Waals surface area contributed by atoms with Gasteiger partial charge in [-0.25, -0.2) is 0 Å². The van der Waals surface area contributed by atoms with Gasteiger partial charge in [-0.2, -0.15) is 0 Å². The number of hydrogen-bond acceptors (Lipinski definition) is 6. The lowest BCUT2D eigenvalue weighted by atomic mass is 10.0. The fraction of sp³-hybridized carbons (Fsp3) is 0.646. The second-order valence-corrected chi connectivity index (χ2v) is 19.1. The summed E-state index contributed by atoms with van der Waals surface area (Å²) in [4.78, 5) is 38.2. The third-order valence-electron chi connectivity index (χ3n) is 12.2. The summed E-state index contributed by atoms with van der Waals surface area (Å²) in [6.07, 6.45) is 80.3. The molecule has 0 rings (SSSR count). The molecule has 0 amide bonds. The van der Waals surface area contributed by atoms with Crippen molar-refractivity contribution in [3.63, 3.8) is 0 Å². The smallest absolute Gasteiger partial charge is 0.306 e. The van der Waals surface area contributed by atoms with Crippen molar-refractivity contribution in [2.24, 2.45) is 0 Å². The molecule has 1 atom stereocenters. The molecule has 0 N–H and O–H groups in total. The molecule has 0 aromatic carbocycles. The molecule has 0 aromatic rings. The van der Waals surface area contributed by atoms with Gasteiger partial charge in [0.1, 0.15) is 13.2 Å². The molecule has 0 saturated heterocycles. The minimum atomic E-state index is -0.806. The van der Waals surface area contributed by atoms with Crippen molar-refractivity contribution in [2.45, 2.75) is 258 Å². The first-order valence-corrected chi connectivity index (χ1v) is 29.2. The zero-order valence-electron chi connectivity index (χ0n) is 45.9. The van der Waals surface area contributed by atoms with E-state index in [1.165, 1.54) is 103 Å². The zero-order chi connectivity index (χ0) is 51.4. The van der Waals surface area contributed by atoms with Crippen molar-refractivity contribution in [1.29, 1.82) is 0 Å². The van der Waals surface area contributed by atoms with Gasteiger partial charge in [0, 0.05) is 19.3 Å². The van der Waals surface area contributed by atoms with Gasteiger partial charge in [-0.1, -0.05) is 296 Å². The van der Waals surface area contributed by atoms with Gasteiger partial charge >= 0.3 is 17.9 Å². The molecule has 0 spiro atoms. The molecule has 0 aliphatic carbocycles. The van der Waals surface area contributed by atoms with Gasteiger partial charge in [0.25, 0.3) is 0 Å². The van der Waals surface area contributed by atoms with Gasteiger partial charge in [0.05, 0.1) is 0 Å². The van der Waals surface area contributed by atoms with Crippen LogP contribution in [0.15, 0.2) is 122 Å². The molecule has 402 valence electrons. The van der Waals surface area contributed by atoms with E-state index in [9.17, 15) is 14.4 Å². The second kappa shape index (κ2) is 58.4. The number of ether oxygens (including phenoxy) is 3. The van der Waals surface area contributed by atoms with Crippen LogP contribution in [0.1, 0.15) is 252 Å². The maximum absolute atomic E-state index is 12.9. The van der Waals surface area contributed by atoms with Gasteiger partial charge in [-0.3, -0.25) is 14.4 Å². The van der Waals surface area contributed by atoms with Gasteiger partial charge in [-0.05, 0) is 57.8 Å². The number of allylic oxidation sites excluding steroid dienone is 20. The molecule has 0 aliphatic heterocycles. The van der Waals surface area contributed by atoms with E-state index >= 15 is 0 Å². The van der Waals surface area contributed by atoms with Crippen LogP contribution in [0.2, 0.25) is 0 Å². The summed E-state index contributed by atoms with van der Waals surface area (Å²) in [5, 5.41) is 0. The highest BCUT2D eigenvalue weighted by Gasteiger charge is 2.19. The normalized spacial score (nSPS) is 13.0. The minimum Gasteiger partial charge on any atom is -0.462 e. The van der Waals surface area contributed by atoms with Crippen LogP contribution in [-0.2, 0) is 28.6 Å². The monoisotopic (exact) mass is 983 g/mol. The van der Waals surface area contributed by atoms with Crippen molar-refractivity contribution in [3.8, 4) is 0 Å². The van der Waals surface area contributed by atoms with Crippen molar-refractivity contribution < 1.29 is 28.6 Å². The second-order valence-electron chi connectivity index (χ2n) is 19.1. The molecule has 71 heavy (non-hydrogen) atoms. The third-order valence-corrected chi connectivity index (χ3v) is 12.2. The van der Waals surface area contributed by atoms with E-state index in [0.717, 1.165) is 109 Å². The van der Waals surface area contributed by atoms with E-state index in [2.05, 4.69) is 93.7 Å². The average molecular weight is 984 g/mol. The number of carbonyl (C=O) groups is 3. The molecule has 0 aliphatic rings. The largest absolute Gasteiger partial charge is 0.462 e. The number of unbranched alkanes of at least 4 members (excludes halogenated alkanes) is 28. The lowest BCUT2D eigenvalue weighted by molar-refractivity contribution is -0.167. The highest BCUT2D eigenvalue weighted by Crippen LogP contribution is 2.16. The van der Waals surface area contributed by atoms with E-state index < -0.39 is 6.10 Å². The summed E-state index contributed by atoms with van der Waals surface area (Å²) in [7, 11) is 0. The topological polar surface area (TPSA) is 78.9 Å². The van der Waals surface area contributed by atoms with Crippen LogP contribution >= 0.6 is 0 Å². The van der Waals surface area contributed by atoms with Crippen molar-refractivity contribution in [3.05, 3.63) is 122 Å². The Morgan fingerprint density at radius 2 is 0.535 bits per heavy atom. The van der Waals surface area contributed by atoms with Crippen LogP contribution in [0.4, 0.5) is 0 Å². The Balaban J connectivity index is 4.51. The molecule has 0 heterocycles. The predicted octanol–water partition coefficient (Wildman–Crippen LogP) is 19.6. The SMILES string of the molecule is CCC\C=C/C=C\C=C/C=C\C=C/CCCCCCCC(=O)OCC(COC(=O)CCCCCCCCCCCCCCCCCCC)OC(=O)CCCCCCC\C=C/C=C\C=C/C=C\C=C/CCC. The molecule has 0 aromatic heterocycles. The van der Waals surface area contributed by atoms with Gasteiger partial charge in [0.15, 0.2) is 6.10 Å². The van der Waals surface area contributed by atoms with Crippen LogP contribution in [0.25, 0.3) is 0 Å². The van der Waals surface area contributed by atoms with Crippen molar-refractivity contribution in [2.75, 3.05) is 13.2 Å². The Morgan fingerprint density at radius 3 is 0.845 bits per heavy atom. The minimum absolute atomic E-state index is 0.0983. The fourth-order valence-corrected chi connectivity index (χ4v) is 7.80. The summed E-state index contributed by atoms with van der Waals surface area (Å²) in [6, 6.07) is 0. The molecule has 1 unspecified atom stereocenters. The van der Waals surface area contributed by atoms with Crippen molar-refractivity contribution >= 4 is 17.9 Å². The lowest BCUT2D eigenvalue weighted by Crippen LogP contribution is -2.30. The fourth-order valence-electron chi connectivity index (χ4n) is 7.80. The molecule has 0 saturated carbocycles. The molecule has 0 radical (unpaired) electrons. The van der Waals surface area contributed by atoms with Gasteiger partial charge in [0.2, 0.25) is 0 Å². The number of rotatable bonds is 51. The highest BCUT2D eigenvalue weighted by molar-refractivity contribution is 5.71. The maximum Gasteiger partial charge on any atom is 0.306 e. The van der Waals surface area contributed by atoms with Crippen molar-refractivity contribution in [1.82, 2.24) is 0 Å². The van der Waals surface area contributed by atoms with E-state index in [0.29, 0.717) is 19.3 Å². The van der Waals surface area contributed by atoms with Crippen LogP contribution in [0.3, 0.4) is 0 Å². The summed E-state index contributed by atoms with van der Waals surface area (Å²) in [5.74, 6) is -0.947. The summed E-state index contributed by atoms with van der Waals surface area (Å²) in [6.45, 7) is 6.43. The van der Waals surface area contributed by atoms with E-state index in [1.54, 1.807) is 0 Å². The number of hydrogen-bond donors (Lipinski definition) is 0. The summed E-state index contributed by atoms with van der Waals surface area (Å²) in [5.41, 5.74) is 0. The summed E-state index contributed by atoms with van der Waals surface area (Å²) >= 11 is 0. The number of esters is 3. The van der Waals surface area contributed by atoms with E-state index in [-0.39, 0.29) is 31.1 Å². The molecule has 6 nitrogen and oxygen atoms in total. The lowest BCUT2D eigenvalue weighted by Gasteiger charge is -2.18. The quantitative estimate of drug-likeness (QED) is 0.0261. The van der Waals surface area contributed by atoms with Crippen LogP contribution in [0, 0.1) is 0 Å².